The molecule has 4 atom stereocenters. The molecule has 0 spiro atoms. The molecule has 0 radical (unpaired) electrons. The van der Waals surface area contributed by atoms with Crippen LogP contribution in [-0.4, -0.2) is 0 Å². The van der Waals surface area contributed by atoms with Crippen molar-refractivity contribution in [2.24, 2.45) is 23.5 Å². The molecule has 17 heavy (non-hydrogen) atoms. The second-order valence-electron chi connectivity index (χ2n) is 5.53. The minimum atomic E-state index is -0.247. The monoisotopic (exact) mass is 253 g/mol. The summed E-state index contributed by atoms with van der Waals surface area (Å²) in [6, 6.07) is 4.39. The Labute approximate surface area is 106 Å². The van der Waals surface area contributed by atoms with Crippen molar-refractivity contribution in [3.8, 4) is 0 Å². The highest BCUT2D eigenvalue weighted by Gasteiger charge is 2.42. The lowest BCUT2D eigenvalue weighted by Gasteiger charge is -2.28. The van der Waals surface area contributed by atoms with Gasteiger partial charge in [-0.15, -0.1) is 0 Å². The molecule has 2 N–H and O–H groups in total. The van der Waals surface area contributed by atoms with Crippen LogP contribution in [0.5, 0.6) is 0 Å². The van der Waals surface area contributed by atoms with E-state index in [1.165, 1.54) is 37.8 Å². The average molecular weight is 254 g/mol. The molecular formula is C14H17ClFN. The summed E-state index contributed by atoms with van der Waals surface area (Å²) in [5.74, 6) is 1.83. The molecular weight excluding hydrogens is 237 g/mol. The van der Waals surface area contributed by atoms with Gasteiger partial charge in [0.05, 0.1) is 0 Å². The van der Waals surface area contributed by atoms with Crippen molar-refractivity contribution in [1.82, 2.24) is 0 Å². The predicted molar refractivity (Wildman–Crippen MR) is 67.3 cm³/mol. The summed E-state index contributed by atoms with van der Waals surface area (Å²) >= 11 is 6.12. The van der Waals surface area contributed by atoms with Crippen LogP contribution in [0.2, 0.25) is 5.02 Å². The van der Waals surface area contributed by atoms with Crippen molar-refractivity contribution in [2.45, 2.75) is 31.7 Å². The van der Waals surface area contributed by atoms with Crippen LogP contribution >= 0.6 is 11.6 Å². The van der Waals surface area contributed by atoms with E-state index in [0.29, 0.717) is 10.9 Å². The van der Waals surface area contributed by atoms with Crippen LogP contribution in [0.25, 0.3) is 0 Å². The van der Waals surface area contributed by atoms with Gasteiger partial charge in [0, 0.05) is 11.1 Å². The Morgan fingerprint density at radius 2 is 2.12 bits per heavy atom. The Morgan fingerprint density at radius 1 is 1.29 bits per heavy atom. The molecule has 2 fully saturated rings. The molecule has 1 aromatic rings. The fourth-order valence-electron chi connectivity index (χ4n) is 3.73. The number of hydrogen-bond donors (Lipinski definition) is 1. The van der Waals surface area contributed by atoms with Crippen molar-refractivity contribution in [3.63, 3.8) is 0 Å². The third kappa shape index (κ3) is 1.98. The fraction of sp³-hybridized carbons (Fsp3) is 0.571. The van der Waals surface area contributed by atoms with E-state index >= 15 is 0 Å². The smallest absolute Gasteiger partial charge is 0.123 e. The second-order valence-corrected chi connectivity index (χ2v) is 5.94. The van der Waals surface area contributed by atoms with Crippen LogP contribution in [0, 0.1) is 23.6 Å². The first-order valence-electron chi connectivity index (χ1n) is 6.35. The quantitative estimate of drug-likeness (QED) is 0.850. The molecule has 2 bridgehead atoms. The maximum absolute atomic E-state index is 13.3. The molecule has 2 saturated carbocycles. The second kappa shape index (κ2) is 4.25. The number of nitrogens with two attached hydrogens (primary N) is 1. The number of hydrogen-bond acceptors (Lipinski definition) is 1. The topological polar surface area (TPSA) is 26.0 Å². The Morgan fingerprint density at radius 3 is 2.76 bits per heavy atom. The normalized spacial score (nSPS) is 33.0. The molecule has 3 rings (SSSR count). The van der Waals surface area contributed by atoms with E-state index in [0.717, 1.165) is 17.4 Å². The van der Waals surface area contributed by atoms with E-state index in [1.54, 1.807) is 6.07 Å². The van der Waals surface area contributed by atoms with Gasteiger partial charge < -0.3 is 5.73 Å². The van der Waals surface area contributed by atoms with Gasteiger partial charge in [0.15, 0.2) is 0 Å². The van der Waals surface area contributed by atoms with E-state index in [2.05, 4.69) is 0 Å². The Hall–Kier alpha value is -0.600. The van der Waals surface area contributed by atoms with Gasteiger partial charge in [0.2, 0.25) is 0 Å². The third-order valence-electron chi connectivity index (χ3n) is 4.57. The lowest BCUT2D eigenvalue weighted by Crippen LogP contribution is -2.26. The van der Waals surface area contributed by atoms with Crippen LogP contribution in [-0.2, 0) is 0 Å². The van der Waals surface area contributed by atoms with Gasteiger partial charge in [-0.05, 0) is 60.8 Å². The number of halogens is 2. The van der Waals surface area contributed by atoms with E-state index in [9.17, 15) is 4.39 Å². The SMILES string of the molecule is NC(c1cc(F)ccc1Cl)C1CC2CCC1C2. The first-order valence-corrected chi connectivity index (χ1v) is 6.73. The van der Waals surface area contributed by atoms with Gasteiger partial charge in [0.1, 0.15) is 5.82 Å². The van der Waals surface area contributed by atoms with Crippen molar-refractivity contribution in [3.05, 3.63) is 34.6 Å². The maximum atomic E-state index is 13.3. The highest BCUT2D eigenvalue weighted by Crippen LogP contribution is 2.52. The fourth-order valence-corrected chi connectivity index (χ4v) is 3.98. The van der Waals surface area contributed by atoms with E-state index in [4.69, 9.17) is 17.3 Å². The van der Waals surface area contributed by atoms with Crippen molar-refractivity contribution in [1.29, 1.82) is 0 Å². The zero-order chi connectivity index (χ0) is 12.0. The molecule has 0 heterocycles. The highest BCUT2D eigenvalue weighted by molar-refractivity contribution is 6.31. The van der Waals surface area contributed by atoms with Crippen LogP contribution < -0.4 is 5.73 Å². The van der Waals surface area contributed by atoms with Gasteiger partial charge in [0.25, 0.3) is 0 Å². The number of benzene rings is 1. The minimum Gasteiger partial charge on any atom is -0.324 e. The van der Waals surface area contributed by atoms with E-state index < -0.39 is 0 Å². The van der Waals surface area contributed by atoms with Gasteiger partial charge in [-0.2, -0.15) is 0 Å². The Balaban J connectivity index is 1.86. The van der Waals surface area contributed by atoms with E-state index in [1.807, 2.05) is 0 Å². The molecule has 0 aliphatic heterocycles. The van der Waals surface area contributed by atoms with Crippen LogP contribution in [0.15, 0.2) is 18.2 Å². The van der Waals surface area contributed by atoms with Crippen molar-refractivity contribution < 1.29 is 4.39 Å². The largest absolute Gasteiger partial charge is 0.324 e. The van der Waals surface area contributed by atoms with Gasteiger partial charge in [-0.25, -0.2) is 4.39 Å². The predicted octanol–water partition coefficient (Wildman–Crippen LogP) is 3.92. The van der Waals surface area contributed by atoms with Crippen molar-refractivity contribution in [2.75, 3.05) is 0 Å². The van der Waals surface area contributed by atoms with Gasteiger partial charge >= 0.3 is 0 Å². The molecule has 92 valence electrons. The zero-order valence-corrected chi connectivity index (χ0v) is 10.5. The van der Waals surface area contributed by atoms with Gasteiger partial charge in [-0.1, -0.05) is 18.0 Å². The van der Waals surface area contributed by atoms with Crippen LogP contribution in [0.1, 0.15) is 37.3 Å². The third-order valence-corrected chi connectivity index (χ3v) is 4.92. The molecule has 0 amide bonds. The Bertz CT molecular complexity index is 434. The molecule has 0 saturated heterocycles. The first kappa shape index (κ1) is 11.5. The first-order chi connectivity index (χ1) is 8.15. The molecule has 4 unspecified atom stereocenters. The van der Waals surface area contributed by atoms with Crippen LogP contribution in [0.4, 0.5) is 4.39 Å². The molecule has 0 aromatic heterocycles. The molecule has 1 nitrogen and oxygen atoms in total. The number of rotatable bonds is 2. The lowest BCUT2D eigenvalue weighted by atomic mass is 9.81. The standard InChI is InChI=1S/C14H17ClFN/c15-13-4-3-10(16)7-12(13)14(17)11-6-8-1-2-9(11)5-8/h3-4,7-9,11,14H,1-2,5-6,17H2. The summed E-state index contributed by atoms with van der Waals surface area (Å²) in [5.41, 5.74) is 7.09. The lowest BCUT2D eigenvalue weighted by molar-refractivity contribution is 0.284. The summed E-state index contributed by atoms with van der Waals surface area (Å²) in [5, 5.41) is 0.599. The maximum Gasteiger partial charge on any atom is 0.123 e. The average Bonchev–Trinajstić information content (AvgIpc) is 2.93. The Kier molecular flexibility index (Phi) is 2.87. The molecule has 1 aromatic carbocycles. The summed E-state index contributed by atoms with van der Waals surface area (Å²) < 4.78 is 13.3. The molecule has 2 aliphatic rings. The summed E-state index contributed by atoms with van der Waals surface area (Å²) in [6.45, 7) is 0. The highest BCUT2D eigenvalue weighted by atomic mass is 35.5. The molecule has 2 aliphatic carbocycles. The zero-order valence-electron chi connectivity index (χ0n) is 9.70. The van der Waals surface area contributed by atoms with Crippen molar-refractivity contribution >= 4 is 11.6 Å². The molecule has 3 heteroatoms. The summed E-state index contributed by atoms with van der Waals surface area (Å²) in [4.78, 5) is 0. The number of fused-ring (bicyclic) bond motifs is 2. The summed E-state index contributed by atoms with van der Waals surface area (Å²) in [6.07, 6.45) is 5.14. The van der Waals surface area contributed by atoms with E-state index in [-0.39, 0.29) is 11.9 Å². The summed E-state index contributed by atoms with van der Waals surface area (Å²) in [7, 11) is 0. The van der Waals surface area contributed by atoms with Crippen LogP contribution in [0.3, 0.4) is 0 Å². The van der Waals surface area contributed by atoms with Gasteiger partial charge in [-0.3, -0.25) is 0 Å². The minimum absolute atomic E-state index is 0.103.